The van der Waals surface area contributed by atoms with Gasteiger partial charge in [-0.3, -0.25) is 9.78 Å². The molecule has 1 aromatic carbocycles. The average Bonchev–Trinajstić information content (AvgIpc) is 2.61. The van der Waals surface area contributed by atoms with E-state index in [1.54, 1.807) is 35.5 Å². The molecule has 3 rings (SSSR count). The van der Waals surface area contributed by atoms with Crippen molar-refractivity contribution in [3.8, 4) is 0 Å². The average molecular weight is 361 g/mol. The first-order valence-corrected chi connectivity index (χ1v) is 9.90. The smallest absolute Gasteiger partial charge is 0.243 e. The Morgan fingerprint density at radius 3 is 2.72 bits per heavy atom. The predicted octanol–water partition coefficient (Wildman–Crippen LogP) is 2.11. The van der Waals surface area contributed by atoms with Crippen molar-refractivity contribution in [3.05, 3.63) is 36.7 Å². The third kappa shape index (κ3) is 3.67. The van der Waals surface area contributed by atoms with E-state index in [1.165, 1.54) is 7.05 Å². The molecule has 0 unspecified atom stereocenters. The first-order chi connectivity index (χ1) is 11.9. The van der Waals surface area contributed by atoms with Crippen LogP contribution in [0.5, 0.6) is 0 Å². The molecule has 1 fully saturated rings. The highest BCUT2D eigenvalue weighted by Crippen LogP contribution is 2.24. The molecule has 1 aromatic heterocycles. The zero-order valence-corrected chi connectivity index (χ0v) is 15.4. The number of rotatable bonds is 4. The number of pyridine rings is 1. The Labute approximate surface area is 148 Å². The standard InChI is InChI=1S/C18H23N3O3S/c1-14-7-10-21(11-8-14)18(22)13-20(2)25(23,24)17-5-3-4-15-12-19-9-6-16(15)17/h3-6,9,12,14H,7-8,10-11,13H2,1-2H3. The Kier molecular flexibility index (Phi) is 5.06. The number of nitrogens with zero attached hydrogens (tertiary/aromatic N) is 3. The Bertz CT molecular complexity index is 869. The molecular formula is C18H23N3O3S. The highest BCUT2D eigenvalue weighted by molar-refractivity contribution is 7.89. The lowest BCUT2D eigenvalue weighted by Gasteiger charge is -2.31. The molecule has 0 bridgehead atoms. The first kappa shape index (κ1) is 17.8. The Balaban J connectivity index is 1.80. The quantitative estimate of drug-likeness (QED) is 0.836. The van der Waals surface area contributed by atoms with Crippen molar-refractivity contribution < 1.29 is 13.2 Å². The second kappa shape index (κ2) is 7.09. The maximum absolute atomic E-state index is 13.0. The number of aromatic nitrogens is 1. The number of carbonyl (C=O) groups is 1. The number of carbonyl (C=O) groups excluding carboxylic acids is 1. The van der Waals surface area contributed by atoms with Gasteiger partial charge in [0.1, 0.15) is 0 Å². The molecule has 0 spiro atoms. The van der Waals surface area contributed by atoms with Crippen LogP contribution in [-0.4, -0.2) is 55.2 Å². The summed E-state index contributed by atoms with van der Waals surface area (Å²) in [4.78, 5) is 18.5. The molecule has 25 heavy (non-hydrogen) atoms. The van der Waals surface area contributed by atoms with Crippen molar-refractivity contribution in [2.75, 3.05) is 26.7 Å². The molecule has 2 aromatic rings. The van der Waals surface area contributed by atoms with E-state index in [4.69, 9.17) is 0 Å². The first-order valence-electron chi connectivity index (χ1n) is 8.46. The molecule has 1 amide bonds. The van der Waals surface area contributed by atoms with Gasteiger partial charge < -0.3 is 4.90 Å². The summed E-state index contributed by atoms with van der Waals surface area (Å²) in [7, 11) is -2.29. The number of hydrogen-bond acceptors (Lipinski definition) is 4. The van der Waals surface area contributed by atoms with Gasteiger partial charge in [0, 0.05) is 43.3 Å². The van der Waals surface area contributed by atoms with Crippen LogP contribution in [0.3, 0.4) is 0 Å². The number of benzene rings is 1. The normalized spacial score (nSPS) is 16.5. The van der Waals surface area contributed by atoms with Crippen LogP contribution in [0.4, 0.5) is 0 Å². The topological polar surface area (TPSA) is 70.6 Å². The van der Waals surface area contributed by atoms with Crippen molar-refractivity contribution in [3.63, 3.8) is 0 Å². The van der Waals surface area contributed by atoms with Gasteiger partial charge in [-0.25, -0.2) is 8.42 Å². The molecule has 6 nitrogen and oxygen atoms in total. The van der Waals surface area contributed by atoms with Crippen LogP contribution in [0.1, 0.15) is 19.8 Å². The summed E-state index contributed by atoms with van der Waals surface area (Å²) in [6, 6.07) is 6.77. The number of likely N-dealkylation sites (N-methyl/N-ethyl adjacent to an activating group) is 1. The number of piperidine rings is 1. The van der Waals surface area contributed by atoms with Gasteiger partial charge in [-0.15, -0.1) is 0 Å². The Hall–Kier alpha value is -1.99. The predicted molar refractivity (Wildman–Crippen MR) is 96.5 cm³/mol. The van der Waals surface area contributed by atoms with E-state index in [2.05, 4.69) is 11.9 Å². The summed E-state index contributed by atoms with van der Waals surface area (Å²) >= 11 is 0. The third-order valence-electron chi connectivity index (χ3n) is 4.82. The maximum atomic E-state index is 13.0. The molecule has 0 saturated carbocycles. The van der Waals surface area contributed by atoms with Gasteiger partial charge in [0.25, 0.3) is 0 Å². The monoisotopic (exact) mass is 361 g/mol. The molecular weight excluding hydrogens is 338 g/mol. The minimum Gasteiger partial charge on any atom is -0.342 e. The highest BCUT2D eigenvalue weighted by Gasteiger charge is 2.28. The molecule has 1 saturated heterocycles. The third-order valence-corrected chi connectivity index (χ3v) is 6.68. The van der Waals surface area contributed by atoms with Gasteiger partial charge in [-0.1, -0.05) is 19.1 Å². The number of likely N-dealkylation sites (tertiary alicyclic amines) is 1. The van der Waals surface area contributed by atoms with E-state index < -0.39 is 10.0 Å². The van der Waals surface area contributed by atoms with Crippen molar-refractivity contribution >= 4 is 26.7 Å². The summed E-state index contributed by atoms with van der Waals surface area (Å²) < 4.78 is 27.0. The van der Waals surface area contributed by atoms with Gasteiger partial charge in [-0.2, -0.15) is 4.31 Å². The largest absolute Gasteiger partial charge is 0.342 e. The van der Waals surface area contributed by atoms with Crippen LogP contribution < -0.4 is 0 Å². The molecule has 1 aliphatic heterocycles. The lowest BCUT2D eigenvalue weighted by atomic mass is 9.99. The molecule has 7 heteroatoms. The van der Waals surface area contributed by atoms with Gasteiger partial charge in [-0.05, 0) is 30.9 Å². The van der Waals surface area contributed by atoms with E-state index in [0.29, 0.717) is 24.4 Å². The molecule has 0 aliphatic carbocycles. The zero-order chi connectivity index (χ0) is 18.0. The fourth-order valence-corrected chi connectivity index (χ4v) is 4.45. The SMILES string of the molecule is CC1CCN(C(=O)CN(C)S(=O)(=O)c2cccc3cnccc23)CC1. The maximum Gasteiger partial charge on any atom is 0.243 e. The minimum absolute atomic E-state index is 0.139. The minimum atomic E-state index is -3.75. The summed E-state index contributed by atoms with van der Waals surface area (Å²) in [6.07, 6.45) is 5.15. The summed E-state index contributed by atoms with van der Waals surface area (Å²) in [6.45, 7) is 3.44. The van der Waals surface area contributed by atoms with Crippen LogP contribution >= 0.6 is 0 Å². The van der Waals surface area contributed by atoms with Gasteiger partial charge in [0.15, 0.2) is 0 Å². The lowest BCUT2D eigenvalue weighted by Crippen LogP contribution is -2.44. The van der Waals surface area contributed by atoms with Crippen molar-refractivity contribution in [2.45, 2.75) is 24.7 Å². The molecule has 0 N–H and O–H groups in total. The van der Waals surface area contributed by atoms with E-state index in [-0.39, 0.29) is 17.3 Å². The molecule has 134 valence electrons. The number of amides is 1. The zero-order valence-electron chi connectivity index (χ0n) is 14.6. The molecule has 1 aliphatic rings. The van der Waals surface area contributed by atoms with Crippen LogP contribution in [-0.2, 0) is 14.8 Å². The van der Waals surface area contributed by atoms with E-state index in [0.717, 1.165) is 22.5 Å². The van der Waals surface area contributed by atoms with Gasteiger partial charge in [0.2, 0.25) is 15.9 Å². The van der Waals surface area contributed by atoms with Crippen LogP contribution in [0.15, 0.2) is 41.6 Å². The fourth-order valence-electron chi connectivity index (χ4n) is 3.12. The van der Waals surface area contributed by atoms with Crippen LogP contribution in [0.2, 0.25) is 0 Å². The number of fused-ring (bicyclic) bond motifs is 1. The van der Waals surface area contributed by atoms with Crippen molar-refractivity contribution in [1.82, 2.24) is 14.2 Å². The second-order valence-corrected chi connectivity index (χ2v) is 8.69. The highest BCUT2D eigenvalue weighted by atomic mass is 32.2. The Morgan fingerprint density at radius 1 is 1.28 bits per heavy atom. The van der Waals surface area contributed by atoms with E-state index in [1.807, 2.05) is 6.07 Å². The van der Waals surface area contributed by atoms with Crippen LogP contribution in [0.25, 0.3) is 10.8 Å². The van der Waals surface area contributed by atoms with Crippen molar-refractivity contribution in [2.24, 2.45) is 5.92 Å². The second-order valence-electron chi connectivity index (χ2n) is 6.68. The fraction of sp³-hybridized carbons (Fsp3) is 0.444. The van der Waals surface area contributed by atoms with Gasteiger partial charge in [0.05, 0.1) is 11.4 Å². The number of hydrogen-bond donors (Lipinski definition) is 0. The summed E-state index contributed by atoms with van der Waals surface area (Å²) in [5.41, 5.74) is 0. The van der Waals surface area contributed by atoms with Crippen molar-refractivity contribution in [1.29, 1.82) is 0 Å². The molecule has 2 heterocycles. The lowest BCUT2D eigenvalue weighted by molar-refractivity contribution is -0.132. The summed E-state index contributed by atoms with van der Waals surface area (Å²) in [5.74, 6) is 0.481. The Morgan fingerprint density at radius 2 is 2.00 bits per heavy atom. The van der Waals surface area contributed by atoms with E-state index in [9.17, 15) is 13.2 Å². The number of sulfonamides is 1. The van der Waals surface area contributed by atoms with Crippen LogP contribution in [0, 0.1) is 5.92 Å². The van der Waals surface area contributed by atoms with Gasteiger partial charge >= 0.3 is 0 Å². The molecule has 0 radical (unpaired) electrons. The molecule has 0 atom stereocenters. The summed E-state index contributed by atoms with van der Waals surface area (Å²) in [5, 5.41) is 1.37. The van der Waals surface area contributed by atoms with E-state index >= 15 is 0 Å².